The van der Waals surface area contributed by atoms with Crippen LogP contribution in [0.4, 0.5) is 0 Å². The number of piperidine rings is 1. The molecule has 0 atom stereocenters. The van der Waals surface area contributed by atoms with Gasteiger partial charge in [0.2, 0.25) is 5.91 Å². The second-order valence-corrected chi connectivity index (χ2v) is 5.28. The molecule has 0 saturated carbocycles. The van der Waals surface area contributed by atoms with Crippen molar-refractivity contribution in [2.45, 2.75) is 12.8 Å². The van der Waals surface area contributed by atoms with Crippen molar-refractivity contribution in [2.75, 3.05) is 19.7 Å². The van der Waals surface area contributed by atoms with Gasteiger partial charge in [-0.25, -0.2) is 0 Å². The summed E-state index contributed by atoms with van der Waals surface area (Å²) >= 11 is 5.89. The molecule has 1 N–H and O–H groups in total. The van der Waals surface area contributed by atoms with Crippen molar-refractivity contribution in [1.82, 2.24) is 4.90 Å². The van der Waals surface area contributed by atoms with Crippen molar-refractivity contribution in [1.29, 1.82) is 0 Å². The Labute approximate surface area is 118 Å². The minimum Gasteiger partial charge on any atom is -0.396 e. The Balaban J connectivity index is 1.91. The molecule has 1 aliphatic rings. The molecule has 1 heterocycles. The first kappa shape index (κ1) is 14.1. The molecule has 19 heavy (non-hydrogen) atoms. The van der Waals surface area contributed by atoms with Crippen LogP contribution in [0, 0.1) is 5.92 Å². The van der Waals surface area contributed by atoms with E-state index in [9.17, 15) is 4.79 Å². The summed E-state index contributed by atoms with van der Waals surface area (Å²) in [4.78, 5) is 13.8. The smallest absolute Gasteiger partial charge is 0.246 e. The predicted molar refractivity (Wildman–Crippen MR) is 76.9 cm³/mol. The van der Waals surface area contributed by atoms with Crippen molar-refractivity contribution >= 4 is 23.6 Å². The summed E-state index contributed by atoms with van der Waals surface area (Å²) in [5.74, 6) is 0.373. The van der Waals surface area contributed by atoms with E-state index in [1.165, 1.54) is 0 Å². The summed E-state index contributed by atoms with van der Waals surface area (Å²) in [5, 5.41) is 9.73. The summed E-state index contributed by atoms with van der Waals surface area (Å²) in [6, 6.07) is 7.40. The van der Waals surface area contributed by atoms with Gasteiger partial charge in [-0.1, -0.05) is 23.7 Å². The van der Waals surface area contributed by atoms with E-state index < -0.39 is 0 Å². The number of carbonyl (C=O) groups excluding carboxylic acids is 1. The molecule has 0 spiro atoms. The molecular weight excluding hydrogens is 262 g/mol. The normalized spacial score (nSPS) is 17.1. The lowest BCUT2D eigenvalue weighted by Crippen LogP contribution is -2.38. The lowest BCUT2D eigenvalue weighted by Gasteiger charge is -2.30. The molecule has 4 heteroatoms. The molecule has 0 bridgehead atoms. The van der Waals surface area contributed by atoms with Crippen LogP contribution >= 0.6 is 11.6 Å². The van der Waals surface area contributed by atoms with Crippen LogP contribution in [0.2, 0.25) is 5.02 Å². The fourth-order valence-corrected chi connectivity index (χ4v) is 2.42. The van der Waals surface area contributed by atoms with Gasteiger partial charge in [0.15, 0.2) is 0 Å². The van der Waals surface area contributed by atoms with Gasteiger partial charge < -0.3 is 10.0 Å². The quantitative estimate of drug-likeness (QED) is 0.864. The summed E-state index contributed by atoms with van der Waals surface area (Å²) < 4.78 is 0. The Hall–Kier alpha value is -1.32. The lowest BCUT2D eigenvalue weighted by molar-refractivity contribution is -0.127. The Morgan fingerprint density at radius 1 is 1.42 bits per heavy atom. The van der Waals surface area contributed by atoms with Crippen molar-refractivity contribution in [3.8, 4) is 0 Å². The van der Waals surface area contributed by atoms with Crippen molar-refractivity contribution in [3.05, 3.63) is 40.9 Å². The van der Waals surface area contributed by atoms with Gasteiger partial charge in [-0.3, -0.25) is 4.79 Å². The summed E-state index contributed by atoms with van der Waals surface area (Å²) in [7, 11) is 0. The standard InChI is InChI=1S/C15H18ClNO2/c16-14-3-1-2-12(10-14)4-5-15(19)17-8-6-13(11-18)7-9-17/h1-5,10,13,18H,6-9,11H2/b5-4+. The maximum Gasteiger partial charge on any atom is 0.246 e. The number of hydrogen-bond donors (Lipinski definition) is 1. The summed E-state index contributed by atoms with van der Waals surface area (Å²) in [5.41, 5.74) is 0.922. The number of rotatable bonds is 3. The van der Waals surface area contributed by atoms with E-state index in [1.54, 1.807) is 18.2 Å². The van der Waals surface area contributed by atoms with Crippen LogP contribution in [-0.4, -0.2) is 35.6 Å². The highest BCUT2D eigenvalue weighted by atomic mass is 35.5. The van der Waals surface area contributed by atoms with Gasteiger partial charge in [-0.2, -0.15) is 0 Å². The van der Waals surface area contributed by atoms with E-state index in [0.717, 1.165) is 31.5 Å². The molecule has 0 unspecified atom stereocenters. The van der Waals surface area contributed by atoms with Crippen LogP contribution < -0.4 is 0 Å². The highest BCUT2D eigenvalue weighted by molar-refractivity contribution is 6.30. The van der Waals surface area contributed by atoms with Gasteiger partial charge in [-0.05, 0) is 42.5 Å². The van der Waals surface area contributed by atoms with Crippen LogP contribution in [0.15, 0.2) is 30.3 Å². The Morgan fingerprint density at radius 2 is 2.16 bits per heavy atom. The maximum absolute atomic E-state index is 12.0. The van der Waals surface area contributed by atoms with Crippen LogP contribution in [0.1, 0.15) is 18.4 Å². The number of carbonyl (C=O) groups is 1. The van der Waals surface area contributed by atoms with E-state index in [-0.39, 0.29) is 12.5 Å². The molecular formula is C15H18ClNO2. The second-order valence-electron chi connectivity index (χ2n) is 4.84. The van der Waals surface area contributed by atoms with Crippen molar-refractivity contribution in [2.24, 2.45) is 5.92 Å². The van der Waals surface area contributed by atoms with Gasteiger partial charge >= 0.3 is 0 Å². The van der Waals surface area contributed by atoms with Crippen LogP contribution in [0.25, 0.3) is 6.08 Å². The number of hydrogen-bond acceptors (Lipinski definition) is 2. The van der Waals surface area contributed by atoms with Gasteiger partial charge in [0.05, 0.1) is 0 Å². The number of likely N-dealkylation sites (tertiary alicyclic amines) is 1. The van der Waals surface area contributed by atoms with E-state index >= 15 is 0 Å². The first-order valence-electron chi connectivity index (χ1n) is 6.52. The fraction of sp³-hybridized carbons (Fsp3) is 0.400. The zero-order chi connectivity index (χ0) is 13.7. The topological polar surface area (TPSA) is 40.5 Å². The van der Waals surface area contributed by atoms with Crippen LogP contribution in [0.5, 0.6) is 0 Å². The third kappa shape index (κ3) is 4.08. The highest BCUT2D eigenvalue weighted by Crippen LogP contribution is 2.17. The summed E-state index contributed by atoms with van der Waals surface area (Å²) in [6.45, 7) is 1.67. The SMILES string of the molecule is O=C(/C=C/c1cccc(Cl)c1)N1CCC(CO)CC1. The minimum atomic E-state index is 0.0244. The van der Waals surface area contributed by atoms with Gasteiger partial charge in [0, 0.05) is 30.8 Å². The zero-order valence-corrected chi connectivity index (χ0v) is 11.5. The molecule has 1 amide bonds. The van der Waals surface area contributed by atoms with Crippen LogP contribution in [0.3, 0.4) is 0 Å². The zero-order valence-electron chi connectivity index (χ0n) is 10.8. The average molecular weight is 280 g/mol. The Morgan fingerprint density at radius 3 is 2.79 bits per heavy atom. The predicted octanol–water partition coefficient (Wildman–Crippen LogP) is 2.58. The van der Waals surface area contributed by atoms with Gasteiger partial charge in [-0.15, -0.1) is 0 Å². The molecule has 0 aliphatic carbocycles. The lowest BCUT2D eigenvalue weighted by atomic mass is 9.98. The molecule has 3 nitrogen and oxygen atoms in total. The van der Waals surface area contributed by atoms with Gasteiger partial charge in [0.25, 0.3) is 0 Å². The monoisotopic (exact) mass is 279 g/mol. The molecule has 1 aromatic rings. The van der Waals surface area contributed by atoms with Gasteiger partial charge in [0.1, 0.15) is 0 Å². The fourth-order valence-electron chi connectivity index (χ4n) is 2.22. The van der Waals surface area contributed by atoms with E-state index in [4.69, 9.17) is 16.7 Å². The Kier molecular flexibility index (Phi) is 5.00. The molecule has 102 valence electrons. The van der Waals surface area contributed by atoms with Crippen LogP contribution in [-0.2, 0) is 4.79 Å². The van der Waals surface area contributed by atoms with E-state index in [0.29, 0.717) is 10.9 Å². The molecule has 0 aromatic heterocycles. The minimum absolute atomic E-state index is 0.0244. The number of aliphatic hydroxyl groups is 1. The molecule has 1 saturated heterocycles. The molecule has 1 aromatic carbocycles. The number of amides is 1. The molecule has 1 aliphatic heterocycles. The highest BCUT2D eigenvalue weighted by Gasteiger charge is 2.20. The van der Waals surface area contributed by atoms with E-state index in [2.05, 4.69) is 0 Å². The van der Waals surface area contributed by atoms with Crippen molar-refractivity contribution in [3.63, 3.8) is 0 Å². The van der Waals surface area contributed by atoms with Crippen molar-refractivity contribution < 1.29 is 9.90 Å². The third-order valence-corrected chi connectivity index (χ3v) is 3.69. The first-order chi connectivity index (χ1) is 9.19. The largest absolute Gasteiger partial charge is 0.396 e. The number of nitrogens with zero attached hydrogens (tertiary/aromatic N) is 1. The molecule has 1 fully saturated rings. The number of aliphatic hydroxyl groups excluding tert-OH is 1. The number of halogens is 1. The second kappa shape index (κ2) is 6.73. The molecule has 0 radical (unpaired) electrons. The summed E-state index contributed by atoms with van der Waals surface area (Å²) in [6.07, 6.45) is 5.14. The maximum atomic E-state index is 12.0. The third-order valence-electron chi connectivity index (χ3n) is 3.45. The Bertz CT molecular complexity index is 465. The van der Waals surface area contributed by atoms with E-state index in [1.807, 2.05) is 23.1 Å². The molecule has 2 rings (SSSR count). The first-order valence-corrected chi connectivity index (χ1v) is 6.90. The average Bonchev–Trinajstić information content (AvgIpc) is 2.45. The number of benzene rings is 1.